The van der Waals surface area contributed by atoms with E-state index in [2.05, 4.69) is 0 Å². The lowest BCUT2D eigenvalue weighted by Crippen LogP contribution is -2.16. The summed E-state index contributed by atoms with van der Waals surface area (Å²) in [4.78, 5) is 0. The second-order valence-corrected chi connectivity index (χ2v) is 5.02. The Balaban J connectivity index is 2.12. The van der Waals surface area contributed by atoms with Gasteiger partial charge in [0.05, 0.1) is 6.10 Å². The Morgan fingerprint density at radius 1 is 1.06 bits per heavy atom. The number of ether oxygens (including phenoxy) is 1. The zero-order valence-electron chi connectivity index (χ0n) is 10.2. The number of hydrogen-bond acceptors (Lipinski definition) is 1. The molecule has 100 valence electrons. The number of hydrogen-bond donors (Lipinski definition) is 0. The Bertz CT molecular complexity index is 378. The lowest BCUT2D eigenvalue weighted by atomic mass is 10.1. The van der Waals surface area contributed by atoms with Crippen molar-refractivity contribution in [3.8, 4) is 5.75 Å². The molecule has 2 rings (SSSR count). The highest BCUT2D eigenvalue weighted by molar-refractivity contribution is 6.17. The van der Waals surface area contributed by atoms with Gasteiger partial charge in [0.1, 0.15) is 0 Å². The van der Waals surface area contributed by atoms with Gasteiger partial charge in [0.25, 0.3) is 0 Å². The predicted molar refractivity (Wildman–Crippen MR) is 68.0 cm³/mol. The van der Waals surface area contributed by atoms with E-state index in [0.29, 0.717) is 5.56 Å². The highest BCUT2D eigenvalue weighted by atomic mass is 35.5. The van der Waals surface area contributed by atoms with Gasteiger partial charge in [-0.25, -0.2) is 8.78 Å². The van der Waals surface area contributed by atoms with Gasteiger partial charge in [0.15, 0.2) is 17.4 Å². The minimum atomic E-state index is -0.658. The maximum Gasteiger partial charge on any atom is 0.191 e. The second-order valence-electron chi connectivity index (χ2n) is 4.75. The third-order valence-electron chi connectivity index (χ3n) is 3.30. The van der Waals surface area contributed by atoms with E-state index in [1.54, 1.807) is 0 Å². The molecule has 18 heavy (non-hydrogen) atoms. The molecule has 0 aromatic heterocycles. The quantitative estimate of drug-likeness (QED) is 0.568. The van der Waals surface area contributed by atoms with Gasteiger partial charge in [-0.1, -0.05) is 12.8 Å². The zero-order valence-corrected chi connectivity index (χ0v) is 11.0. The lowest BCUT2D eigenvalue weighted by Gasteiger charge is -2.18. The van der Waals surface area contributed by atoms with Crippen LogP contribution in [0.2, 0.25) is 0 Å². The Morgan fingerprint density at radius 2 is 1.61 bits per heavy atom. The van der Waals surface area contributed by atoms with Crippen molar-refractivity contribution in [1.29, 1.82) is 0 Å². The highest BCUT2D eigenvalue weighted by Crippen LogP contribution is 2.28. The first-order valence-corrected chi connectivity index (χ1v) is 6.94. The van der Waals surface area contributed by atoms with Crippen LogP contribution in [-0.4, -0.2) is 6.10 Å². The fourth-order valence-electron chi connectivity index (χ4n) is 2.33. The topological polar surface area (TPSA) is 9.23 Å². The summed E-state index contributed by atoms with van der Waals surface area (Å²) < 4.78 is 33.0. The lowest BCUT2D eigenvalue weighted by molar-refractivity contribution is 0.167. The summed E-state index contributed by atoms with van der Waals surface area (Å²) >= 11 is 5.56. The van der Waals surface area contributed by atoms with Crippen LogP contribution in [0.4, 0.5) is 8.78 Å². The minimum Gasteiger partial charge on any atom is -0.484 e. The Hall–Kier alpha value is -0.830. The fraction of sp³-hybridized carbons (Fsp3) is 0.571. The van der Waals surface area contributed by atoms with Crippen LogP contribution in [0.15, 0.2) is 12.1 Å². The summed E-state index contributed by atoms with van der Waals surface area (Å²) in [5, 5.41) is 0. The number of benzene rings is 1. The molecule has 1 aromatic carbocycles. The van der Waals surface area contributed by atoms with Crippen LogP contribution >= 0.6 is 11.6 Å². The third kappa shape index (κ3) is 3.35. The fourth-order valence-corrected chi connectivity index (χ4v) is 2.48. The summed E-state index contributed by atoms with van der Waals surface area (Å²) in [5.41, 5.74) is 0.430. The normalized spacial score (nSPS) is 17.5. The molecule has 0 saturated heterocycles. The van der Waals surface area contributed by atoms with Gasteiger partial charge >= 0.3 is 0 Å². The molecule has 1 saturated carbocycles. The largest absolute Gasteiger partial charge is 0.484 e. The van der Waals surface area contributed by atoms with Gasteiger partial charge in [-0.3, -0.25) is 0 Å². The van der Waals surface area contributed by atoms with E-state index in [0.717, 1.165) is 25.7 Å². The molecule has 0 heterocycles. The van der Waals surface area contributed by atoms with E-state index in [4.69, 9.17) is 16.3 Å². The molecule has 0 atom stereocenters. The van der Waals surface area contributed by atoms with Crippen molar-refractivity contribution in [2.24, 2.45) is 0 Å². The van der Waals surface area contributed by atoms with Gasteiger partial charge in [-0.15, -0.1) is 11.6 Å². The Kier molecular flexibility index (Phi) is 4.81. The molecule has 0 amide bonds. The number of rotatable bonds is 3. The molecule has 1 aliphatic carbocycles. The van der Waals surface area contributed by atoms with Crippen molar-refractivity contribution in [2.45, 2.75) is 50.5 Å². The highest BCUT2D eigenvalue weighted by Gasteiger charge is 2.19. The van der Waals surface area contributed by atoms with E-state index >= 15 is 0 Å². The zero-order chi connectivity index (χ0) is 13.0. The van der Waals surface area contributed by atoms with Crippen molar-refractivity contribution in [2.75, 3.05) is 0 Å². The molecule has 1 fully saturated rings. The first-order valence-electron chi connectivity index (χ1n) is 6.41. The van der Waals surface area contributed by atoms with Crippen LogP contribution in [0.5, 0.6) is 5.75 Å². The molecular weight excluding hydrogens is 258 g/mol. The van der Waals surface area contributed by atoms with Crippen LogP contribution in [0.3, 0.4) is 0 Å². The van der Waals surface area contributed by atoms with E-state index in [1.165, 1.54) is 25.0 Å². The SMILES string of the molecule is Fc1cc(CCl)cc(F)c1OC1CCCCCC1. The van der Waals surface area contributed by atoms with Crippen LogP contribution in [0.25, 0.3) is 0 Å². The molecule has 1 aromatic rings. The van der Waals surface area contributed by atoms with E-state index in [9.17, 15) is 8.78 Å². The van der Waals surface area contributed by atoms with E-state index in [1.807, 2.05) is 0 Å². The smallest absolute Gasteiger partial charge is 0.191 e. The summed E-state index contributed by atoms with van der Waals surface area (Å²) in [6.45, 7) is 0. The van der Waals surface area contributed by atoms with Crippen LogP contribution in [-0.2, 0) is 5.88 Å². The summed E-state index contributed by atoms with van der Waals surface area (Å²) in [5.74, 6) is -1.47. The predicted octanol–water partition coefficient (Wildman–Crippen LogP) is 4.81. The standard InChI is InChI=1S/C14H17ClF2O/c15-9-10-7-12(16)14(13(17)8-10)18-11-5-3-1-2-4-6-11/h7-8,11H,1-6,9H2. The van der Waals surface area contributed by atoms with Gasteiger partial charge < -0.3 is 4.74 Å². The molecular formula is C14H17ClF2O. The van der Waals surface area contributed by atoms with E-state index in [-0.39, 0.29) is 17.7 Å². The first kappa shape index (κ1) is 13.6. The van der Waals surface area contributed by atoms with Crippen molar-refractivity contribution in [3.63, 3.8) is 0 Å². The maximum atomic E-state index is 13.7. The Morgan fingerprint density at radius 3 is 2.11 bits per heavy atom. The molecule has 1 nitrogen and oxygen atoms in total. The molecule has 0 spiro atoms. The summed E-state index contributed by atoms with van der Waals surface area (Å²) in [7, 11) is 0. The van der Waals surface area contributed by atoms with Crippen molar-refractivity contribution in [3.05, 3.63) is 29.3 Å². The average Bonchev–Trinajstić information content (AvgIpc) is 2.62. The van der Waals surface area contributed by atoms with E-state index < -0.39 is 11.6 Å². The summed E-state index contributed by atoms with van der Waals surface area (Å²) in [6.07, 6.45) is 6.15. The second kappa shape index (κ2) is 6.37. The summed E-state index contributed by atoms with van der Waals surface area (Å²) in [6, 6.07) is 2.48. The monoisotopic (exact) mass is 274 g/mol. The Labute approximate surface area is 111 Å². The molecule has 0 N–H and O–H groups in total. The molecule has 0 bridgehead atoms. The van der Waals surface area contributed by atoms with Crippen LogP contribution in [0.1, 0.15) is 44.1 Å². The average molecular weight is 275 g/mol. The first-order chi connectivity index (χ1) is 8.70. The minimum absolute atomic E-state index is 0.0710. The van der Waals surface area contributed by atoms with Crippen LogP contribution < -0.4 is 4.74 Å². The van der Waals surface area contributed by atoms with Gasteiger partial charge in [0.2, 0.25) is 0 Å². The maximum absolute atomic E-state index is 13.7. The van der Waals surface area contributed by atoms with Gasteiger partial charge in [0, 0.05) is 5.88 Å². The molecule has 0 aliphatic heterocycles. The van der Waals surface area contributed by atoms with Crippen molar-refractivity contribution >= 4 is 11.6 Å². The van der Waals surface area contributed by atoms with Crippen molar-refractivity contribution in [1.82, 2.24) is 0 Å². The third-order valence-corrected chi connectivity index (χ3v) is 3.61. The number of alkyl halides is 1. The number of halogens is 3. The molecule has 0 unspecified atom stereocenters. The molecule has 1 aliphatic rings. The molecule has 0 radical (unpaired) electrons. The van der Waals surface area contributed by atoms with Crippen molar-refractivity contribution < 1.29 is 13.5 Å². The van der Waals surface area contributed by atoms with Gasteiger partial charge in [-0.05, 0) is 43.4 Å². The molecule has 4 heteroatoms. The van der Waals surface area contributed by atoms with Crippen LogP contribution in [0, 0.1) is 11.6 Å². The van der Waals surface area contributed by atoms with Gasteiger partial charge in [-0.2, -0.15) is 0 Å².